The van der Waals surface area contributed by atoms with Crippen LogP contribution in [0.5, 0.6) is 0 Å². The van der Waals surface area contributed by atoms with Gasteiger partial charge in [-0.15, -0.1) is 0 Å². The van der Waals surface area contributed by atoms with Crippen molar-refractivity contribution in [2.24, 2.45) is 0 Å². The topological polar surface area (TPSA) is 71.7 Å². The molecule has 7 nitrogen and oxygen atoms in total. The Morgan fingerprint density at radius 3 is 3.08 bits per heavy atom. The van der Waals surface area contributed by atoms with Gasteiger partial charge in [-0.1, -0.05) is 11.2 Å². The molecule has 1 aliphatic heterocycles. The maximum absolute atomic E-state index is 12.9. The van der Waals surface area contributed by atoms with Gasteiger partial charge in [0, 0.05) is 57.0 Å². The molecule has 2 aromatic rings. The first-order valence-corrected chi connectivity index (χ1v) is 8.70. The van der Waals surface area contributed by atoms with Crippen molar-refractivity contribution in [1.82, 2.24) is 15.0 Å². The predicted molar refractivity (Wildman–Crippen MR) is 91.5 cm³/mol. The van der Waals surface area contributed by atoms with E-state index in [0.29, 0.717) is 37.9 Å². The molecule has 1 fully saturated rings. The Bertz CT molecular complexity index is 756. The normalized spacial score (nSPS) is 17.3. The Kier molecular flexibility index (Phi) is 4.40. The minimum Gasteiger partial charge on any atom is -0.383 e. The van der Waals surface area contributed by atoms with Crippen molar-refractivity contribution in [2.45, 2.75) is 25.3 Å². The second-order valence-electron chi connectivity index (χ2n) is 6.58. The maximum Gasteiger partial charge on any atom is 0.276 e. The minimum atomic E-state index is -0.0842. The van der Waals surface area contributed by atoms with E-state index in [4.69, 9.17) is 9.26 Å². The van der Waals surface area contributed by atoms with Crippen LogP contribution in [-0.4, -0.2) is 54.3 Å². The molecule has 0 bridgehead atoms. The molecule has 132 valence electrons. The van der Waals surface area contributed by atoms with Crippen LogP contribution in [-0.2, 0) is 11.3 Å². The predicted octanol–water partition coefficient (Wildman–Crippen LogP) is 2.06. The fourth-order valence-corrected chi connectivity index (χ4v) is 3.18. The molecule has 2 aromatic heterocycles. The summed E-state index contributed by atoms with van der Waals surface area (Å²) in [5.74, 6) is 2.13. The Morgan fingerprint density at radius 1 is 1.40 bits per heavy atom. The Balaban J connectivity index is 1.54. The van der Waals surface area contributed by atoms with Crippen LogP contribution >= 0.6 is 0 Å². The third-order valence-corrected chi connectivity index (χ3v) is 4.75. The first-order chi connectivity index (χ1) is 12.3. The van der Waals surface area contributed by atoms with Crippen LogP contribution in [0.2, 0.25) is 0 Å². The third kappa shape index (κ3) is 3.37. The van der Waals surface area contributed by atoms with E-state index in [2.05, 4.69) is 15.0 Å². The van der Waals surface area contributed by atoms with E-state index < -0.39 is 0 Å². The quantitative estimate of drug-likeness (QED) is 0.828. The van der Waals surface area contributed by atoms with Gasteiger partial charge in [-0.25, -0.2) is 4.98 Å². The highest BCUT2D eigenvalue weighted by atomic mass is 16.5. The van der Waals surface area contributed by atoms with Crippen LogP contribution in [0.1, 0.15) is 40.6 Å². The van der Waals surface area contributed by atoms with Gasteiger partial charge in [0.1, 0.15) is 11.6 Å². The number of ether oxygens (including phenoxy) is 1. The molecular formula is C18H22N4O3. The Labute approximate surface area is 146 Å². The summed E-state index contributed by atoms with van der Waals surface area (Å²) in [6.45, 7) is 3.23. The molecule has 0 radical (unpaired) electrons. The molecule has 25 heavy (non-hydrogen) atoms. The molecule has 0 spiro atoms. The summed E-state index contributed by atoms with van der Waals surface area (Å²) < 4.78 is 10.5. The Morgan fingerprint density at radius 2 is 2.28 bits per heavy atom. The maximum atomic E-state index is 12.9. The zero-order valence-electron chi connectivity index (χ0n) is 14.4. The highest BCUT2D eigenvalue weighted by Gasteiger charge is 2.31. The van der Waals surface area contributed by atoms with E-state index in [9.17, 15) is 4.79 Å². The summed E-state index contributed by atoms with van der Waals surface area (Å²) >= 11 is 0. The lowest BCUT2D eigenvalue weighted by Crippen LogP contribution is -2.36. The van der Waals surface area contributed by atoms with Gasteiger partial charge < -0.3 is 19.1 Å². The molecule has 0 atom stereocenters. The first-order valence-electron chi connectivity index (χ1n) is 8.70. The Hall–Kier alpha value is -2.41. The molecule has 2 aliphatic rings. The van der Waals surface area contributed by atoms with Crippen LogP contribution in [0.3, 0.4) is 0 Å². The highest BCUT2D eigenvalue weighted by molar-refractivity contribution is 5.92. The molecule has 0 saturated heterocycles. The molecule has 0 unspecified atom stereocenters. The monoisotopic (exact) mass is 342 g/mol. The van der Waals surface area contributed by atoms with Gasteiger partial charge in [-0.05, 0) is 18.9 Å². The van der Waals surface area contributed by atoms with E-state index in [1.54, 1.807) is 19.4 Å². The van der Waals surface area contributed by atoms with E-state index in [1.165, 1.54) is 0 Å². The molecule has 1 saturated carbocycles. The van der Waals surface area contributed by atoms with Crippen LogP contribution in [0.4, 0.5) is 5.82 Å². The zero-order valence-corrected chi connectivity index (χ0v) is 14.4. The zero-order chi connectivity index (χ0) is 17.2. The standard InChI is InChI=1S/C18H22N4O3/c1-24-10-9-21-7-8-22(12-14-3-2-6-19-17(14)21)18(23)15-11-16(25-20-15)13-4-5-13/h2-3,6,11,13H,4-5,7-10,12H2,1H3. The van der Waals surface area contributed by atoms with Gasteiger partial charge in [0.05, 0.1) is 6.61 Å². The van der Waals surface area contributed by atoms with Crippen LogP contribution in [0.15, 0.2) is 28.9 Å². The van der Waals surface area contributed by atoms with E-state index in [-0.39, 0.29) is 5.91 Å². The van der Waals surface area contributed by atoms with E-state index in [0.717, 1.165) is 36.5 Å². The minimum absolute atomic E-state index is 0.0842. The van der Waals surface area contributed by atoms with Gasteiger partial charge in [0.2, 0.25) is 0 Å². The van der Waals surface area contributed by atoms with Gasteiger partial charge in [-0.3, -0.25) is 4.79 Å². The van der Waals surface area contributed by atoms with Crippen molar-refractivity contribution >= 4 is 11.7 Å². The molecule has 4 rings (SSSR count). The summed E-state index contributed by atoms with van der Waals surface area (Å²) in [7, 11) is 1.69. The summed E-state index contributed by atoms with van der Waals surface area (Å²) in [5, 5.41) is 3.99. The number of hydrogen-bond acceptors (Lipinski definition) is 6. The summed E-state index contributed by atoms with van der Waals surface area (Å²) in [6.07, 6.45) is 4.04. The molecular weight excluding hydrogens is 320 g/mol. The van der Waals surface area contributed by atoms with Crippen molar-refractivity contribution in [2.75, 3.05) is 38.3 Å². The number of carbonyl (C=O) groups is 1. The SMILES string of the molecule is COCCN1CCN(C(=O)c2cc(C3CC3)on2)Cc2cccnc21. The number of rotatable bonds is 5. The van der Waals surface area contributed by atoms with Crippen LogP contribution < -0.4 is 4.90 Å². The smallest absolute Gasteiger partial charge is 0.276 e. The molecule has 0 aromatic carbocycles. The average Bonchev–Trinajstić information content (AvgIpc) is 3.40. The lowest BCUT2D eigenvalue weighted by atomic mass is 10.2. The summed E-state index contributed by atoms with van der Waals surface area (Å²) in [5.41, 5.74) is 1.44. The van der Waals surface area contributed by atoms with Crippen molar-refractivity contribution in [3.63, 3.8) is 0 Å². The number of aromatic nitrogens is 2. The average molecular weight is 342 g/mol. The number of nitrogens with zero attached hydrogens (tertiary/aromatic N) is 4. The van der Waals surface area contributed by atoms with E-state index >= 15 is 0 Å². The third-order valence-electron chi connectivity index (χ3n) is 4.75. The van der Waals surface area contributed by atoms with Gasteiger partial charge in [-0.2, -0.15) is 0 Å². The molecule has 7 heteroatoms. The first kappa shape index (κ1) is 16.1. The van der Waals surface area contributed by atoms with Crippen molar-refractivity contribution in [1.29, 1.82) is 0 Å². The number of amides is 1. The van der Waals surface area contributed by atoms with Crippen molar-refractivity contribution < 1.29 is 14.1 Å². The van der Waals surface area contributed by atoms with Crippen LogP contribution in [0, 0.1) is 0 Å². The number of pyridine rings is 1. The van der Waals surface area contributed by atoms with Crippen molar-refractivity contribution in [3.05, 3.63) is 41.4 Å². The highest BCUT2D eigenvalue weighted by Crippen LogP contribution is 2.40. The number of fused-ring (bicyclic) bond motifs is 1. The number of methoxy groups -OCH3 is 1. The van der Waals surface area contributed by atoms with Crippen LogP contribution in [0.25, 0.3) is 0 Å². The number of anilines is 1. The van der Waals surface area contributed by atoms with Gasteiger partial charge in [0.25, 0.3) is 5.91 Å². The second kappa shape index (κ2) is 6.84. The lowest BCUT2D eigenvalue weighted by molar-refractivity contribution is 0.0740. The fourth-order valence-electron chi connectivity index (χ4n) is 3.18. The number of hydrogen-bond donors (Lipinski definition) is 0. The summed E-state index contributed by atoms with van der Waals surface area (Å²) in [4.78, 5) is 21.4. The molecule has 1 aliphatic carbocycles. The molecule has 0 N–H and O–H groups in total. The number of carbonyl (C=O) groups excluding carboxylic acids is 1. The van der Waals surface area contributed by atoms with Gasteiger partial charge >= 0.3 is 0 Å². The lowest BCUT2D eigenvalue weighted by Gasteiger charge is -2.23. The fraction of sp³-hybridized carbons (Fsp3) is 0.500. The van der Waals surface area contributed by atoms with E-state index in [1.807, 2.05) is 17.0 Å². The second-order valence-corrected chi connectivity index (χ2v) is 6.58. The van der Waals surface area contributed by atoms with Crippen molar-refractivity contribution in [3.8, 4) is 0 Å². The summed E-state index contributed by atoms with van der Waals surface area (Å²) in [6, 6.07) is 5.73. The largest absolute Gasteiger partial charge is 0.383 e. The molecule has 3 heterocycles. The molecule has 1 amide bonds. The van der Waals surface area contributed by atoms with Gasteiger partial charge in [0.15, 0.2) is 5.69 Å².